The summed E-state index contributed by atoms with van der Waals surface area (Å²) in [4.78, 5) is 19.3. The maximum Gasteiger partial charge on any atom is 0.314 e. The van der Waals surface area contributed by atoms with Gasteiger partial charge in [-0.25, -0.2) is 0 Å². The van der Waals surface area contributed by atoms with E-state index in [9.17, 15) is 4.79 Å². The zero-order chi connectivity index (χ0) is 22.3. The molecule has 1 aliphatic heterocycles. The zero-order valence-electron chi connectivity index (χ0n) is 19.2. The quantitative estimate of drug-likeness (QED) is 0.691. The van der Waals surface area contributed by atoms with E-state index in [0.717, 1.165) is 28.2 Å². The molecule has 1 saturated heterocycles. The Morgan fingerprint density at radius 2 is 1.23 bits per heavy atom. The van der Waals surface area contributed by atoms with E-state index in [1.54, 1.807) is 0 Å². The third kappa shape index (κ3) is 3.48. The number of ether oxygens (including phenoxy) is 1. The number of fused-ring (bicyclic) bond motifs is 1. The number of benzene rings is 2. The molecule has 2 atom stereocenters. The number of hydrogen-bond acceptors (Lipinski definition) is 5. The van der Waals surface area contributed by atoms with Gasteiger partial charge in [0, 0.05) is 76.4 Å². The summed E-state index contributed by atoms with van der Waals surface area (Å²) in [6.07, 6.45) is 6.28. The van der Waals surface area contributed by atoms with Gasteiger partial charge in [-0.15, -0.1) is 0 Å². The van der Waals surface area contributed by atoms with Crippen LogP contribution < -0.4 is 9.80 Å². The van der Waals surface area contributed by atoms with E-state index in [-0.39, 0.29) is 17.8 Å². The van der Waals surface area contributed by atoms with Gasteiger partial charge in [0.15, 0.2) is 5.60 Å². The number of esters is 1. The van der Waals surface area contributed by atoms with Crippen molar-refractivity contribution in [3.63, 3.8) is 0 Å². The molecule has 0 N–H and O–H groups in total. The lowest BCUT2D eigenvalue weighted by Crippen LogP contribution is -2.35. The Hall–Kier alpha value is -3.21. The second-order valence-electron chi connectivity index (χ2n) is 8.94. The normalized spacial score (nSPS) is 21.2. The number of nitrogens with zero attached hydrogens (tertiary/aromatic N) is 3. The van der Waals surface area contributed by atoms with Crippen LogP contribution in [0.4, 0.5) is 11.4 Å². The van der Waals surface area contributed by atoms with Crippen molar-refractivity contribution in [1.29, 1.82) is 0 Å². The Morgan fingerprint density at radius 3 is 1.65 bits per heavy atom. The molecule has 0 amide bonds. The first-order valence-electron chi connectivity index (χ1n) is 10.6. The first-order chi connectivity index (χ1) is 14.7. The molecular formula is C26H31N3O2. The van der Waals surface area contributed by atoms with E-state index >= 15 is 0 Å². The molecule has 2 aromatic carbocycles. The minimum absolute atomic E-state index is 0.112. The van der Waals surface area contributed by atoms with E-state index in [4.69, 9.17) is 4.74 Å². The fourth-order valence-corrected chi connectivity index (χ4v) is 4.54. The maximum absolute atomic E-state index is 13.2. The van der Waals surface area contributed by atoms with Crippen molar-refractivity contribution >= 4 is 17.3 Å². The minimum atomic E-state index is -0.859. The summed E-state index contributed by atoms with van der Waals surface area (Å²) >= 11 is 0. The molecule has 5 heteroatoms. The molecule has 0 spiro atoms. The highest BCUT2D eigenvalue weighted by molar-refractivity contribution is 5.81. The van der Waals surface area contributed by atoms with E-state index in [1.807, 2.05) is 53.3 Å². The van der Waals surface area contributed by atoms with Gasteiger partial charge in [-0.1, -0.05) is 30.3 Å². The molecule has 0 radical (unpaired) electrons. The predicted molar refractivity (Wildman–Crippen MR) is 126 cm³/mol. The monoisotopic (exact) mass is 417 g/mol. The highest BCUT2D eigenvalue weighted by atomic mass is 16.6. The smallest absolute Gasteiger partial charge is 0.314 e. The lowest BCUT2D eigenvalue weighted by atomic mass is 9.71. The van der Waals surface area contributed by atoms with Crippen LogP contribution in [-0.4, -0.2) is 53.2 Å². The molecule has 0 saturated carbocycles. The van der Waals surface area contributed by atoms with E-state index in [1.165, 1.54) is 0 Å². The SMILES string of the molecule is CN(C)C1=CC2C(=O)OC(c3ccc(N(C)C)cc3)(c3ccc(N(C)C)cc3)C2C=C1. The summed E-state index contributed by atoms with van der Waals surface area (Å²) in [5.41, 5.74) is 4.36. The van der Waals surface area contributed by atoms with Crippen molar-refractivity contribution in [3.05, 3.63) is 83.6 Å². The molecule has 31 heavy (non-hydrogen) atoms. The average Bonchev–Trinajstić information content (AvgIpc) is 3.06. The van der Waals surface area contributed by atoms with Crippen molar-refractivity contribution in [2.75, 3.05) is 52.1 Å². The molecule has 1 fully saturated rings. The van der Waals surface area contributed by atoms with Crippen LogP contribution in [0.25, 0.3) is 0 Å². The van der Waals surface area contributed by atoms with Crippen LogP contribution in [0.5, 0.6) is 0 Å². The van der Waals surface area contributed by atoms with Crippen LogP contribution >= 0.6 is 0 Å². The van der Waals surface area contributed by atoms with Gasteiger partial charge < -0.3 is 19.4 Å². The lowest BCUT2D eigenvalue weighted by Gasteiger charge is -2.36. The maximum atomic E-state index is 13.2. The van der Waals surface area contributed by atoms with Gasteiger partial charge in [-0.05, 0) is 36.4 Å². The largest absolute Gasteiger partial charge is 0.448 e. The van der Waals surface area contributed by atoms with Gasteiger partial charge in [0.05, 0.1) is 5.92 Å². The van der Waals surface area contributed by atoms with Crippen molar-refractivity contribution in [1.82, 2.24) is 4.90 Å². The number of likely N-dealkylation sites (N-methyl/N-ethyl adjacent to an activating group) is 1. The molecule has 5 nitrogen and oxygen atoms in total. The lowest BCUT2D eigenvalue weighted by molar-refractivity contribution is -0.148. The Kier molecular flexibility index (Phi) is 5.29. The Labute approximate surface area is 185 Å². The third-order valence-corrected chi connectivity index (χ3v) is 6.36. The number of anilines is 2. The number of cyclic esters (lactones) is 1. The van der Waals surface area contributed by atoms with Crippen LogP contribution in [0.1, 0.15) is 11.1 Å². The molecule has 2 unspecified atom stereocenters. The first kappa shape index (κ1) is 21.0. The van der Waals surface area contributed by atoms with Crippen molar-refractivity contribution < 1.29 is 9.53 Å². The molecular weight excluding hydrogens is 386 g/mol. The van der Waals surface area contributed by atoms with Crippen LogP contribution in [0.3, 0.4) is 0 Å². The highest BCUT2D eigenvalue weighted by Crippen LogP contribution is 2.52. The van der Waals surface area contributed by atoms with Crippen LogP contribution in [0.2, 0.25) is 0 Å². The second kappa shape index (κ2) is 7.80. The summed E-state index contributed by atoms with van der Waals surface area (Å²) < 4.78 is 6.32. The van der Waals surface area contributed by atoms with E-state index in [2.05, 4.69) is 70.5 Å². The first-order valence-corrected chi connectivity index (χ1v) is 10.6. The molecule has 162 valence electrons. The van der Waals surface area contributed by atoms with Crippen molar-refractivity contribution in [2.45, 2.75) is 5.60 Å². The van der Waals surface area contributed by atoms with E-state index in [0.29, 0.717) is 0 Å². The molecule has 2 aromatic rings. The summed E-state index contributed by atoms with van der Waals surface area (Å²) in [7, 11) is 12.1. The molecule has 1 heterocycles. The average molecular weight is 418 g/mol. The molecule has 1 aliphatic carbocycles. The van der Waals surface area contributed by atoms with Gasteiger partial charge in [-0.2, -0.15) is 0 Å². The Bertz CT molecular complexity index is 966. The summed E-state index contributed by atoms with van der Waals surface area (Å²) in [6, 6.07) is 16.7. The zero-order valence-corrected chi connectivity index (χ0v) is 19.2. The fraction of sp³-hybridized carbons (Fsp3) is 0.346. The van der Waals surface area contributed by atoms with Gasteiger partial charge >= 0.3 is 5.97 Å². The molecule has 0 aromatic heterocycles. The summed E-state index contributed by atoms with van der Waals surface area (Å²) in [5.74, 6) is -0.606. The minimum Gasteiger partial charge on any atom is -0.448 e. The van der Waals surface area contributed by atoms with Gasteiger partial charge in [0.2, 0.25) is 0 Å². The second-order valence-corrected chi connectivity index (χ2v) is 8.94. The van der Waals surface area contributed by atoms with Gasteiger partial charge in [0.1, 0.15) is 0 Å². The number of rotatable bonds is 5. The van der Waals surface area contributed by atoms with Crippen LogP contribution in [0.15, 0.2) is 72.5 Å². The topological polar surface area (TPSA) is 36.0 Å². The van der Waals surface area contributed by atoms with Gasteiger partial charge in [0.25, 0.3) is 0 Å². The van der Waals surface area contributed by atoms with E-state index < -0.39 is 5.60 Å². The molecule has 4 rings (SSSR count). The predicted octanol–water partition coefficient (Wildman–Crippen LogP) is 3.87. The number of allylic oxidation sites excluding steroid dienone is 1. The summed E-state index contributed by atoms with van der Waals surface area (Å²) in [6.45, 7) is 0. The van der Waals surface area contributed by atoms with Crippen LogP contribution in [-0.2, 0) is 15.1 Å². The number of carbonyl (C=O) groups excluding carboxylic acids is 1. The number of carbonyl (C=O) groups is 1. The Morgan fingerprint density at radius 1 is 0.742 bits per heavy atom. The Balaban J connectivity index is 1.87. The molecule has 0 bridgehead atoms. The van der Waals surface area contributed by atoms with Gasteiger partial charge in [-0.3, -0.25) is 4.79 Å². The van der Waals surface area contributed by atoms with Crippen LogP contribution in [0, 0.1) is 11.8 Å². The van der Waals surface area contributed by atoms with Crippen molar-refractivity contribution in [2.24, 2.45) is 11.8 Å². The van der Waals surface area contributed by atoms with Crippen molar-refractivity contribution in [3.8, 4) is 0 Å². The third-order valence-electron chi connectivity index (χ3n) is 6.36. The highest BCUT2D eigenvalue weighted by Gasteiger charge is 2.56. The number of hydrogen-bond donors (Lipinski definition) is 0. The fourth-order valence-electron chi connectivity index (χ4n) is 4.54. The molecule has 2 aliphatic rings. The summed E-state index contributed by atoms with van der Waals surface area (Å²) in [5, 5.41) is 0. The standard InChI is InChI=1S/C26H31N3O2/c1-27(2)20-11-7-18(8-12-20)26(19-9-13-21(14-10-19)28(3)4)24-16-15-22(29(5)6)17-23(24)25(30)31-26/h7-17,23-24H,1-6H3.